The molecule has 2 rings (SSSR count). The number of rotatable bonds is 6. The van der Waals surface area contributed by atoms with E-state index in [-0.39, 0.29) is 12.4 Å². The van der Waals surface area contributed by atoms with Gasteiger partial charge in [-0.3, -0.25) is 4.79 Å². The Balaban J connectivity index is 2.14. The van der Waals surface area contributed by atoms with Crippen LogP contribution in [0, 0.1) is 12.3 Å². The second kappa shape index (κ2) is 7.70. The van der Waals surface area contributed by atoms with Gasteiger partial charge < -0.3 is 9.47 Å². The molecule has 0 aliphatic rings. The van der Waals surface area contributed by atoms with Gasteiger partial charge in [-0.15, -0.1) is 6.42 Å². The predicted molar refractivity (Wildman–Crippen MR) is 87.1 cm³/mol. The van der Waals surface area contributed by atoms with Gasteiger partial charge in [0.25, 0.3) is 0 Å². The van der Waals surface area contributed by atoms with Crippen LogP contribution < -0.4 is 9.47 Å². The van der Waals surface area contributed by atoms with Crippen molar-refractivity contribution in [3.63, 3.8) is 0 Å². The van der Waals surface area contributed by atoms with E-state index in [0.717, 1.165) is 5.56 Å². The Hall–Kier alpha value is -2.99. The van der Waals surface area contributed by atoms with E-state index < -0.39 is 0 Å². The van der Waals surface area contributed by atoms with E-state index in [2.05, 4.69) is 5.92 Å². The van der Waals surface area contributed by atoms with Crippen molar-refractivity contribution in [1.29, 1.82) is 0 Å². The zero-order valence-electron chi connectivity index (χ0n) is 12.3. The van der Waals surface area contributed by atoms with Crippen LogP contribution in [0.3, 0.4) is 0 Å². The summed E-state index contributed by atoms with van der Waals surface area (Å²) in [6.07, 6.45) is 8.44. The van der Waals surface area contributed by atoms with Gasteiger partial charge in [0.2, 0.25) is 0 Å². The summed E-state index contributed by atoms with van der Waals surface area (Å²) in [5.41, 5.74) is 1.49. The number of carbonyl (C=O) groups excluding carboxylic acids is 1. The van der Waals surface area contributed by atoms with Crippen LogP contribution in [0.2, 0.25) is 0 Å². The average Bonchev–Trinajstić information content (AvgIpc) is 2.58. The summed E-state index contributed by atoms with van der Waals surface area (Å²) >= 11 is 0. The van der Waals surface area contributed by atoms with Crippen molar-refractivity contribution in [2.45, 2.75) is 0 Å². The fourth-order valence-electron chi connectivity index (χ4n) is 1.90. The number of ether oxygens (including phenoxy) is 2. The fraction of sp³-hybridized carbons (Fsp3) is 0.105. The van der Waals surface area contributed by atoms with Gasteiger partial charge in [0.05, 0.1) is 7.11 Å². The molecular formula is C19H16O3. The van der Waals surface area contributed by atoms with Crippen LogP contribution in [-0.2, 0) is 0 Å². The molecule has 0 aliphatic carbocycles. The van der Waals surface area contributed by atoms with E-state index in [1.165, 1.54) is 6.08 Å². The van der Waals surface area contributed by atoms with E-state index in [4.69, 9.17) is 15.9 Å². The molecule has 0 atom stereocenters. The Morgan fingerprint density at radius 2 is 1.95 bits per heavy atom. The smallest absolute Gasteiger partial charge is 0.185 e. The molecule has 2 aromatic rings. The quantitative estimate of drug-likeness (QED) is 0.463. The lowest BCUT2D eigenvalue weighted by Gasteiger charge is -2.09. The molecule has 3 heteroatoms. The molecule has 0 radical (unpaired) electrons. The SMILES string of the molecule is C#CCOc1ccc(/C=C/C(=O)c2ccccc2)cc1OC. The van der Waals surface area contributed by atoms with Crippen LogP contribution in [0.4, 0.5) is 0 Å². The van der Waals surface area contributed by atoms with Crippen molar-refractivity contribution in [2.24, 2.45) is 0 Å². The van der Waals surface area contributed by atoms with E-state index in [0.29, 0.717) is 17.1 Å². The molecule has 2 aromatic carbocycles. The minimum Gasteiger partial charge on any atom is -0.493 e. The number of terminal acetylenes is 1. The first-order valence-corrected chi connectivity index (χ1v) is 6.76. The highest BCUT2D eigenvalue weighted by atomic mass is 16.5. The van der Waals surface area contributed by atoms with Crippen molar-refractivity contribution in [3.8, 4) is 23.8 Å². The lowest BCUT2D eigenvalue weighted by atomic mass is 10.1. The summed E-state index contributed by atoms with van der Waals surface area (Å²) in [6, 6.07) is 14.5. The molecule has 0 aliphatic heterocycles. The molecule has 0 fully saturated rings. The molecule has 0 heterocycles. The van der Waals surface area contributed by atoms with Crippen LogP contribution in [0.15, 0.2) is 54.6 Å². The number of ketones is 1. The molecule has 0 unspecified atom stereocenters. The van der Waals surface area contributed by atoms with Crippen molar-refractivity contribution in [3.05, 3.63) is 65.7 Å². The van der Waals surface area contributed by atoms with Gasteiger partial charge in [0, 0.05) is 5.56 Å². The van der Waals surface area contributed by atoms with Crippen LogP contribution in [0.5, 0.6) is 11.5 Å². The Labute approximate surface area is 130 Å². The first kappa shape index (κ1) is 15.4. The molecule has 0 N–H and O–H groups in total. The lowest BCUT2D eigenvalue weighted by molar-refractivity contribution is 0.104. The lowest BCUT2D eigenvalue weighted by Crippen LogP contribution is -1.97. The summed E-state index contributed by atoms with van der Waals surface area (Å²) < 4.78 is 10.6. The minimum absolute atomic E-state index is 0.0489. The molecular weight excluding hydrogens is 276 g/mol. The van der Waals surface area contributed by atoms with E-state index in [1.54, 1.807) is 37.5 Å². The van der Waals surface area contributed by atoms with Crippen LogP contribution in [-0.4, -0.2) is 19.5 Å². The van der Waals surface area contributed by atoms with Crippen LogP contribution in [0.1, 0.15) is 15.9 Å². The van der Waals surface area contributed by atoms with Gasteiger partial charge in [0.15, 0.2) is 17.3 Å². The Bertz CT molecular complexity index is 709. The average molecular weight is 292 g/mol. The second-order valence-electron chi connectivity index (χ2n) is 4.47. The molecule has 0 amide bonds. The van der Waals surface area contributed by atoms with Gasteiger partial charge in [-0.1, -0.05) is 48.4 Å². The van der Waals surface area contributed by atoms with Gasteiger partial charge >= 0.3 is 0 Å². The van der Waals surface area contributed by atoms with E-state index >= 15 is 0 Å². The molecule has 0 saturated carbocycles. The van der Waals surface area contributed by atoms with Crippen LogP contribution >= 0.6 is 0 Å². The van der Waals surface area contributed by atoms with Gasteiger partial charge in [-0.2, -0.15) is 0 Å². The maximum Gasteiger partial charge on any atom is 0.185 e. The molecule has 0 bridgehead atoms. The molecule has 22 heavy (non-hydrogen) atoms. The first-order valence-electron chi connectivity index (χ1n) is 6.76. The summed E-state index contributed by atoms with van der Waals surface area (Å²) in [7, 11) is 1.56. The normalized spacial score (nSPS) is 10.2. The molecule has 110 valence electrons. The highest BCUT2D eigenvalue weighted by Gasteiger charge is 2.05. The number of hydrogen-bond acceptors (Lipinski definition) is 3. The molecule has 0 aromatic heterocycles. The maximum atomic E-state index is 12.0. The summed E-state index contributed by atoms with van der Waals surface area (Å²) in [6.45, 7) is 0.179. The van der Waals surface area contributed by atoms with Crippen molar-refractivity contribution in [1.82, 2.24) is 0 Å². The summed E-state index contributed by atoms with van der Waals surface area (Å²) in [5.74, 6) is 3.50. The largest absolute Gasteiger partial charge is 0.493 e. The summed E-state index contributed by atoms with van der Waals surface area (Å²) in [4.78, 5) is 12.0. The zero-order chi connectivity index (χ0) is 15.8. The molecule has 0 saturated heterocycles. The third-order valence-corrected chi connectivity index (χ3v) is 2.98. The van der Waals surface area contributed by atoms with E-state index in [9.17, 15) is 4.79 Å². The van der Waals surface area contributed by atoms with Gasteiger partial charge in [-0.05, 0) is 23.8 Å². The Kier molecular flexibility index (Phi) is 5.39. The highest BCUT2D eigenvalue weighted by molar-refractivity contribution is 6.06. The third kappa shape index (κ3) is 4.00. The monoisotopic (exact) mass is 292 g/mol. The standard InChI is InChI=1S/C19H16O3/c1-3-13-22-18-12-10-15(14-19(18)21-2)9-11-17(20)16-7-5-4-6-8-16/h1,4-12,14H,13H2,2H3/b11-9+. The Morgan fingerprint density at radius 1 is 1.18 bits per heavy atom. The second-order valence-corrected chi connectivity index (χ2v) is 4.47. The number of hydrogen-bond donors (Lipinski definition) is 0. The molecule has 0 spiro atoms. The van der Waals surface area contributed by atoms with Gasteiger partial charge in [0.1, 0.15) is 6.61 Å². The maximum absolute atomic E-state index is 12.0. The topological polar surface area (TPSA) is 35.5 Å². The van der Waals surface area contributed by atoms with Crippen LogP contribution in [0.25, 0.3) is 6.08 Å². The predicted octanol–water partition coefficient (Wildman–Crippen LogP) is 3.60. The zero-order valence-corrected chi connectivity index (χ0v) is 12.3. The number of allylic oxidation sites excluding steroid dienone is 1. The highest BCUT2D eigenvalue weighted by Crippen LogP contribution is 2.28. The first-order chi connectivity index (χ1) is 10.7. The summed E-state index contributed by atoms with van der Waals surface area (Å²) in [5, 5.41) is 0. The third-order valence-electron chi connectivity index (χ3n) is 2.98. The van der Waals surface area contributed by atoms with Crippen molar-refractivity contribution < 1.29 is 14.3 Å². The fourth-order valence-corrected chi connectivity index (χ4v) is 1.90. The number of methoxy groups -OCH3 is 1. The number of benzene rings is 2. The van der Waals surface area contributed by atoms with Crippen molar-refractivity contribution in [2.75, 3.05) is 13.7 Å². The van der Waals surface area contributed by atoms with Gasteiger partial charge in [-0.25, -0.2) is 0 Å². The van der Waals surface area contributed by atoms with Crippen molar-refractivity contribution >= 4 is 11.9 Å². The molecule has 3 nitrogen and oxygen atoms in total. The van der Waals surface area contributed by atoms with E-state index in [1.807, 2.05) is 24.3 Å². The minimum atomic E-state index is -0.0489. The number of carbonyl (C=O) groups is 1. The Morgan fingerprint density at radius 3 is 2.64 bits per heavy atom.